The topological polar surface area (TPSA) is 111 Å². The summed E-state index contributed by atoms with van der Waals surface area (Å²) in [7, 11) is 1.54. The zero-order valence-corrected chi connectivity index (χ0v) is 27.1. The summed E-state index contributed by atoms with van der Waals surface area (Å²) in [5.74, 6) is 0.0882. The van der Waals surface area contributed by atoms with Crippen molar-refractivity contribution in [3.63, 3.8) is 0 Å². The van der Waals surface area contributed by atoms with Crippen LogP contribution in [0.5, 0.6) is 5.88 Å². The highest BCUT2D eigenvalue weighted by atomic mass is 19.1. The van der Waals surface area contributed by atoms with Gasteiger partial charge >= 0.3 is 0 Å². The summed E-state index contributed by atoms with van der Waals surface area (Å²) in [5.41, 5.74) is 1.44. The fourth-order valence-electron chi connectivity index (χ4n) is 7.04. The van der Waals surface area contributed by atoms with Gasteiger partial charge in [-0.15, -0.1) is 0 Å². The molecule has 0 unspecified atom stereocenters. The molecule has 0 radical (unpaired) electrons. The molecule has 0 spiro atoms. The van der Waals surface area contributed by atoms with Crippen LogP contribution in [0.15, 0.2) is 49.3 Å². The van der Waals surface area contributed by atoms with Gasteiger partial charge in [-0.1, -0.05) is 6.58 Å². The van der Waals surface area contributed by atoms with Crippen LogP contribution >= 0.6 is 0 Å². The summed E-state index contributed by atoms with van der Waals surface area (Å²) >= 11 is 0. The van der Waals surface area contributed by atoms with Gasteiger partial charge in [-0.3, -0.25) is 19.4 Å². The molecule has 7 rings (SSSR count). The number of pyridine rings is 1. The van der Waals surface area contributed by atoms with E-state index in [1.165, 1.54) is 42.4 Å². The number of carbonyl (C=O) groups excluding carboxylic acids is 1. The highest BCUT2D eigenvalue weighted by Gasteiger charge is 2.35. The number of hydrogen-bond donors (Lipinski definition) is 2. The maximum atomic E-state index is 14.0. The Balaban J connectivity index is 1.08. The average Bonchev–Trinajstić information content (AvgIpc) is 3.83. The Morgan fingerprint density at radius 3 is 2.25 bits per heavy atom. The number of amides is 1. The zero-order valence-electron chi connectivity index (χ0n) is 27.1. The Hall–Kier alpha value is -4.40. The number of methoxy groups -OCH3 is 1. The summed E-state index contributed by atoms with van der Waals surface area (Å²) < 4.78 is 33.7. The van der Waals surface area contributed by atoms with Crippen molar-refractivity contribution in [2.24, 2.45) is 0 Å². The number of piperidine rings is 1. The molecule has 48 heavy (non-hydrogen) atoms. The summed E-state index contributed by atoms with van der Waals surface area (Å²) in [6.07, 6.45) is 7.83. The molecule has 2 N–H and O–H groups in total. The maximum absolute atomic E-state index is 14.0. The molecule has 3 aromatic rings. The minimum atomic E-state index is -0.657. The number of piperazine rings is 1. The van der Waals surface area contributed by atoms with Crippen molar-refractivity contribution in [1.82, 2.24) is 24.8 Å². The number of aromatic nitrogens is 3. The predicted octanol–water partition coefficient (Wildman–Crippen LogP) is 4.66. The Kier molecular flexibility index (Phi) is 9.37. The van der Waals surface area contributed by atoms with Gasteiger partial charge in [0.2, 0.25) is 11.8 Å². The number of hydroxylamine groups is 1. The molecule has 1 amide bonds. The number of carbonyl (C=O) groups is 1. The zero-order chi connectivity index (χ0) is 33.2. The minimum absolute atomic E-state index is 0.325. The molecule has 254 valence electrons. The van der Waals surface area contributed by atoms with E-state index >= 15 is 0 Å². The molecule has 1 atom stereocenters. The highest BCUT2D eigenvalue weighted by molar-refractivity contribution is 6.01. The van der Waals surface area contributed by atoms with Crippen LogP contribution in [0.2, 0.25) is 0 Å². The molecular formula is C34H41F2N9O3. The second-order valence-electron chi connectivity index (χ2n) is 12.7. The standard InChI is InChI=1S/C34H41F2N9O3/c1-3-32(46)40-27-19-28(39-30-20-31(38-21-37-30)45-29(8-15-48-45)22-16-23(35)18-24(36)17-22)34(47-2)41-33(27)44-9-6-26(7-10-44)43-13-11-42(12-14-43)25-4-5-25/h3,16-21,25-26,29H,1,4-15H2,2H3,(H,40,46)(H,37,38,39)/t29-/m1/s1. The van der Waals surface area contributed by atoms with Gasteiger partial charge in [-0.05, 0) is 55.5 Å². The van der Waals surface area contributed by atoms with Gasteiger partial charge in [0.25, 0.3) is 0 Å². The lowest BCUT2D eigenvalue weighted by molar-refractivity contribution is -0.111. The van der Waals surface area contributed by atoms with Gasteiger partial charge in [0.05, 0.1) is 25.4 Å². The molecule has 1 aromatic carbocycles. The predicted molar refractivity (Wildman–Crippen MR) is 178 cm³/mol. The third-order valence-corrected chi connectivity index (χ3v) is 9.61. The number of benzene rings is 1. The molecule has 12 nitrogen and oxygen atoms in total. The maximum Gasteiger partial charge on any atom is 0.247 e. The molecule has 4 fully saturated rings. The number of rotatable bonds is 10. The van der Waals surface area contributed by atoms with E-state index in [1.807, 2.05) is 0 Å². The molecular weight excluding hydrogens is 620 g/mol. The van der Waals surface area contributed by atoms with Gasteiger partial charge in [0, 0.05) is 69.9 Å². The molecule has 5 heterocycles. The van der Waals surface area contributed by atoms with Gasteiger partial charge in [-0.2, -0.15) is 4.98 Å². The van der Waals surface area contributed by atoms with Crippen LogP contribution in [-0.2, 0) is 9.63 Å². The van der Waals surface area contributed by atoms with E-state index in [4.69, 9.17) is 14.6 Å². The number of hydrogen-bond acceptors (Lipinski definition) is 11. The number of halogens is 2. The van der Waals surface area contributed by atoms with E-state index in [-0.39, 0.29) is 5.91 Å². The third-order valence-electron chi connectivity index (χ3n) is 9.61. The molecule has 3 saturated heterocycles. The van der Waals surface area contributed by atoms with Crippen molar-refractivity contribution in [3.05, 3.63) is 66.5 Å². The van der Waals surface area contributed by atoms with Crippen LogP contribution in [-0.4, -0.2) is 95.7 Å². The number of nitrogens with one attached hydrogen (secondary N) is 2. The van der Waals surface area contributed by atoms with Crippen molar-refractivity contribution in [3.8, 4) is 5.88 Å². The number of ether oxygens (including phenoxy) is 1. The van der Waals surface area contributed by atoms with Crippen LogP contribution in [0.25, 0.3) is 0 Å². The lowest BCUT2D eigenvalue weighted by atomic mass is 10.0. The van der Waals surface area contributed by atoms with Gasteiger partial charge in [-0.25, -0.2) is 23.8 Å². The average molecular weight is 662 g/mol. The van der Waals surface area contributed by atoms with Crippen molar-refractivity contribution in [2.45, 2.75) is 50.2 Å². The first-order valence-electron chi connectivity index (χ1n) is 16.6. The highest BCUT2D eigenvalue weighted by Crippen LogP contribution is 2.39. The lowest BCUT2D eigenvalue weighted by Crippen LogP contribution is -2.53. The minimum Gasteiger partial charge on any atom is -0.479 e. The Morgan fingerprint density at radius 1 is 0.917 bits per heavy atom. The SMILES string of the molecule is C=CC(=O)Nc1cc(Nc2cc(N3OCC[C@@H]3c3cc(F)cc(F)c3)ncn2)c(OC)nc1N1CCC(N2CCN(C3CC3)CC2)CC1. The van der Waals surface area contributed by atoms with Crippen LogP contribution in [0, 0.1) is 11.6 Å². The lowest BCUT2D eigenvalue weighted by Gasteiger charge is -2.43. The van der Waals surface area contributed by atoms with E-state index < -0.39 is 17.7 Å². The first-order valence-corrected chi connectivity index (χ1v) is 16.6. The van der Waals surface area contributed by atoms with E-state index in [1.54, 1.807) is 19.2 Å². The monoisotopic (exact) mass is 661 g/mol. The summed E-state index contributed by atoms with van der Waals surface area (Å²) in [6, 6.07) is 7.79. The second kappa shape index (κ2) is 14.0. The van der Waals surface area contributed by atoms with Crippen molar-refractivity contribution >= 4 is 34.7 Å². The van der Waals surface area contributed by atoms with Gasteiger partial charge in [0.1, 0.15) is 29.5 Å². The second-order valence-corrected chi connectivity index (χ2v) is 12.7. The van der Waals surface area contributed by atoms with Crippen LogP contribution in [0.1, 0.15) is 43.7 Å². The van der Waals surface area contributed by atoms with Crippen LogP contribution in [0.4, 0.5) is 37.6 Å². The van der Waals surface area contributed by atoms with E-state index in [0.717, 1.165) is 64.2 Å². The third kappa shape index (κ3) is 7.05. The van der Waals surface area contributed by atoms with Crippen molar-refractivity contribution in [2.75, 3.05) is 73.6 Å². The van der Waals surface area contributed by atoms with Crippen molar-refractivity contribution in [1.29, 1.82) is 0 Å². The molecule has 4 aliphatic rings. The summed E-state index contributed by atoms with van der Waals surface area (Å²) in [6.45, 7) is 10.1. The Bertz CT molecular complexity index is 1620. The summed E-state index contributed by atoms with van der Waals surface area (Å²) in [4.78, 5) is 39.4. The number of nitrogens with zero attached hydrogens (tertiary/aromatic N) is 7. The van der Waals surface area contributed by atoms with Gasteiger partial charge < -0.3 is 20.3 Å². The van der Waals surface area contributed by atoms with E-state index in [2.05, 4.69) is 41.9 Å². The Morgan fingerprint density at radius 2 is 1.60 bits per heavy atom. The molecule has 1 saturated carbocycles. The quantitative estimate of drug-likeness (QED) is 0.296. The largest absolute Gasteiger partial charge is 0.479 e. The first-order chi connectivity index (χ1) is 23.4. The first kappa shape index (κ1) is 32.2. The molecule has 1 aliphatic carbocycles. The molecule has 2 aromatic heterocycles. The Labute approximate surface area is 278 Å². The number of anilines is 5. The smallest absolute Gasteiger partial charge is 0.247 e. The molecule has 14 heteroatoms. The normalized spacial score (nSPS) is 20.9. The molecule has 3 aliphatic heterocycles. The molecule has 0 bridgehead atoms. The van der Waals surface area contributed by atoms with Crippen LogP contribution < -0.4 is 25.3 Å². The van der Waals surface area contributed by atoms with Crippen LogP contribution in [0.3, 0.4) is 0 Å². The fourth-order valence-corrected chi connectivity index (χ4v) is 7.04. The van der Waals surface area contributed by atoms with Gasteiger partial charge in [0.15, 0.2) is 11.6 Å². The fraction of sp³-hybridized carbons (Fsp3) is 0.471. The summed E-state index contributed by atoms with van der Waals surface area (Å²) in [5, 5.41) is 7.70. The van der Waals surface area contributed by atoms with E-state index in [0.29, 0.717) is 59.3 Å². The van der Waals surface area contributed by atoms with Crippen molar-refractivity contribution < 1.29 is 23.1 Å². The van der Waals surface area contributed by atoms with E-state index in [9.17, 15) is 13.6 Å².